The van der Waals surface area contributed by atoms with Gasteiger partial charge < -0.3 is 10.5 Å². The van der Waals surface area contributed by atoms with Gasteiger partial charge in [-0.25, -0.2) is 0 Å². The van der Waals surface area contributed by atoms with E-state index in [-0.39, 0.29) is 40.8 Å². The first-order chi connectivity index (χ1) is 21.7. The molecule has 0 spiro atoms. The van der Waals surface area contributed by atoms with Gasteiger partial charge in [-0.2, -0.15) is 13.2 Å². The number of benzene rings is 4. The Balaban J connectivity index is 1.29. The van der Waals surface area contributed by atoms with Crippen LogP contribution in [-0.4, -0.2) is 34.2 Å². The number of pyridine rings is 1. The average molecular weight is 610 g/mol. The van der Waals surface area contributed by atoms with Crippen LogP contribution in [0, 0.1) is 0 Å². The molecular formula is C36H30F3N3O3. The number of para-hydroxylation sites is 1. The van der Waals surface area contributed by atoms with E-state index < -0.39 is 11.7 Å². The van der Waals surface area contributed by atoms with Gasteiger partial charge in [-0.1, -0.05) is 78.9 Å². The first-order valence-corrected chi connectivity index (χ1v) is 14.6. The van der Waals surface area contributed by atoms with E-state index in [1.165, 1.54) is 12.3 Å². The maximum atomic E-state index is 13.9. The van der Waals surface area contributed by atoms with Crippen molar-refractivity contribution in [3.05, 3.63) is 131 Å². The summed E-state index contributed by atoms with van der Waals surface area (Å²) in [7, 11) is 0. The highest BCUT2D eigenvalue weighted by atomic mass is 19.4. The molecule has 0 bridgehead atoms. The lowest BCUT2D eigenvalue weighted by atomic mass is 9.91. The highest BCUT2D eigenvalue weighted by molar-refractivity contribution is 6.16. The second kappa shape index (κ2) is 12.5. The number of ketones is 1. The van der Waals surface area contributed by atoms with Crippen molar-refractivity contribution in [2.24, 2.45) is 5.73 Å². The van der Waals surface area contributed by atoms with Gasteiger partial charge in [0, 0.05) is 34.8 Å². The molecule has 2 heterocycles. The van der Waals surface area contributed by atoms with Crippen molar-refractivity contribution in [1.29, 1.82) is 0 Å². The predicted molar refractivity (Wildman–Crippen MR) is 165 cm³/mol. The number of likely N-dealkylation sites (tertiary alicyclic amines) is 1. The molecule has 2 N–H and O–H groups in total. The fourth-order valence-electron chi connectivity index (χ4n) is 5.90. The maximum Gasteiger partial charge on any atom is 0.418 e. The standard InChI is InChI=1S/C36H30F3N3O3/c37-36(38,39)30-12-5-11-28-32(29(20-41-33(28)30)34(43)25-7-2-1-3-8-25)26-9-4-10-27(19-26)45-22-24-16-14-23(15-17-24)21-42-18-6-13-31(42)35(40)44/h1-5,7-12,14-17,19-20,31H,6,13,18,21-22H2,(H2,40,44)/t31-/m0/s1. The third kappa shape index (κ3) is 6.44. The second-order valence-electron chi connectivity index (χ2n) is 11.1. The Morgan fingerprint density at radius 2 is 1.64 bits per heavy atom. The van der Waals surface area contributed by atoms with E-state index in [0.717, 1.165) is 36.6 Å². The molecule has 0 aliphatic carbocycles. The van der Waals surface area contributed by atoms with Crippen LogP contribution in [0.3, 0.4) is 0 Å². The molecule has 4 aromatic carbocycles. The lowest BCUT2D eigenvalue weighted by molar-refractivity contribution is -0.136. The number of primary amides is 1. The Bertz CT molecular complexity index is 1860. The molecule has 5 aromatic rings. The van der Waals surface area contributed by atoms with Gasteiger partial charge in [-0.3, -0.25) is 19.5 Å². The molecule has 1 fully saturated rings. The van der Waals surface area contributed by atoms with Gasteiger partial charge in [0.1, 0.15) is 12.4 Å². The van der Waals surface area contributed by atoms with Gasteiger partial charge in [-0.05, 0) is 54.3 Å². The summed E-state index contributed by atoms with van der Waals surface area (Å²) in [6.45, 7) is 1.72. The van der Waals surface area contributed by atoms with Crippen LogP contribution in [-0.2, 0) is 24.1 Å². The van der Waals surface area contributed by atoms with Crippen LogP contribution in [0.4, 0.5) is 13.2 Å². The number of fused-ring (bicyclic) bond motifs is 1. The van der Waals surface area contributed by atoms with Gasteiger partial charge in [0.15, 0.2) is 5.78 Å². The zero-order valence-corrected chi connectivity index (χ0v) is 24.3. The highest BCUT2D eigenvalue weighted by Gasteiger charge is 2.34. The van der Waals surface area contributed by atoms with Gasteiger partial charge in [0.2, 0.25) is 5.91 Å². The number of rotatable bonds is 9. The average Bonchev–Trinajstić information content (AvgIpc) is 3.52. The van der Waals surface area contributed by atoms with Crippen molar-refractivity contribution in [1.82, 2.24) is 9.88 Å². The summed E-state index contributed by atoms with van der Waals surface area (Å²) in [6.07, 6.45) is -1.67. The minimum absolute atomic E-state index is 0.192. The fourth-order valence-corrected chi connectivity index (χ4v) is 5.90. The maximum absolute atomic E-state index is 13.9. The van der Waals surface area contributed by atoms with E-state index in [1.807, 2.05) is 24.3 Å². The van der Waals surface area contributed by atoms with Crippen LogP contribution >= 0.6 is 0 Å². The number of nitrogens with zero attached hydrogens (tertiary/aromatic N) is 2. The topological polar surface area (TPSA) is 85.5 Å². The zero-order valence-electron chi connectivity index (χ0n) is 24.3. The fraction of sp³-hybridized carbons (Fsp3) is 0.194. The van der Waals surface area contributed by atoms with E-state index in [2.05, 4.69) is 9.88 Å². The summed E-state index contributed by atoms with van der Waals surface area (Å²) in [6, 6.07) is 27.1. The quantitative estimate of drug-likeness (QED) is 0.179. The Hall–Kier alpha value is -5.02. The number of nitrogens with two attached hydrogens (primary N) is 1. The number of amides is 1. The molecule has 6 rings (SSSR count). The van der Waals surface area contributed by atoms with E-state index in [4.69, 9.17) is 10.5 Å². The van der Waals surface area contributed by atoms with Gasteiger partial charge in [0.05, 0.1) is 17.1 Å². The Labute approximate surface area is 258 Å². The van der Waals surface area contributed by atoms with Crippen LogP contribution < -0.4 is 10.5 Å². The molecule has 0 unspecified atom stereocenters. The highest BCUT2D eigenvalue weighted by Crippen LogP contribution is 2.39. The third-order valence-corrected chi connectivity index (χ3v) is 8.11. The lowest BCUT2D eigenvalue weighted by Gasteiger charge is -2.21. The summed E-state index contributed by atoms with van der Waals surface area (Å²) in [5.74, 6) is -0.148. The number of ether oxygens (including phenoxy) is 1. The molecule has 6 nitrogen and oxygen atoms in total. The summed E-state index contributed by atoms with van der Waals surface area (Å²) >= 11 is 0. The van der Waals surface area contributed by atoms with Gasteiger partial charge in [-0.15, -0.1) is 0 Å². The zero-order chi connectivity index (χ0) is 31.6. The van der Waals surface area contributed by atoms with E-state index in [0.29, 0.717) is 29.0 Å². The predicted octanol–water partition coefficient (Wildman–Crippen LogP) is 7.18. The van der Waals surface area contributed by atoms with Crippen molar-refractivity contribution in [3.8, 4) is 16.9 Å². The molecule has 1 aliphatic heterocycles. The molecule has 0 saturated carbocycles. The molecule has 1 aliphatic rings. The van der Waals surface area contributed by atoms with Crippen molar-refractivity contribution >= 4 is 22.6 Å². The Morgan fingerprint density at radius 3 is 2.38 bits per heavy atom. The first-order valence-electron chi connectivity index (χ1n) is 14.6. The minimum atomic E-state index is -4.62. The molecule has 45 heavy (non-hydrogen) atoms. The Kier molecular flexibility index (Phi) is 8.36. The van der Waals surface area contributed by atoms with Crippen LogP contribution in [0.15, 0.2) is 103 Å². The summed E-state index contributed by atoms with van der Waals surface area (Å²) in [5, 5.41) is 0.218. The molecule has 228 valence electrons. The van der Waals surface area contributed by atoms with Crippen LogP contribution in [0.25, 0.3) is 22.0 Å². The van der Waals surface area contributed by atoms with Crippen molar-refractivity contribution in [2.75, 3.05) is 6.54 Å². The molecular weight excluding hydrogens is 579 g/mol. The Morgan fingerprint density at radius 1 is 0.911 bits per heavy atom. The van der Waals surface area contributed by atoms with Crippen molar-refractivity contribution < 1.29 is 27.5 Å². The van der Waals surface area contributed by atoms with Crippen molar-refractivity contribution in [2.45, 2.75) is 38.2 Å². The summed E-state index contributed by atoms with van der Waals surface area (Å²) < 4.78 is 47.9. The van der Waals surface area contributed by atoms with Crippen LogP contribution in [0.1, 0.15) is 45.5 Å². The third-order valence-electron chi connectivity index (χ3n) is 8.11. The normalized spacial score (nSPS) is 15.3. The minimum Gasteiger partial charge on any atom is -0.489 e. The second-order valence-corrected chi connectivity index (χ2v) is 11.1. The summed E-state index contributed by atoms with van der Waals surface area (Å²) in [5.41, 5.74) is 7.90. The molecule has 1 aromatic heterocycles. The molecule has 9 heteroatoms. The number of carbonyl (C=O) groups excluding carboxylic acids is 2. The first kappa shape index (κ1) is 30.0. The van der Waals surface area contributed by atoms with Crippen LogP contribution in [0.2, 0.25) is 0 Å². The molecule has 1 atom stereocenters. The molecule has 0 radical (unpaired) electrons. The smallest absolute Gasteiger partial charge is 0.418 e. The monoisotopic (exact) mass is 609 g/mol. The van der Waals surface area contributed by atoms with E-state index in [1.54, 1.807) is 60.7 Å². The van der Waals surface area contributed by atoms with E-state index in [9.17, 15) is 22.8 Å². The van der Waals surface area contributed by atoms with Gasteiger partial charge >= 0.3 is 6.18 Å². The SMILES string of the molecule is NC(=O)[C@@H]1CCCN1Cc1ccc(COc2cccc(-c3c(C(=O)c4ccccc4)cnc4c(C(F)(F)F)cccc34)c2)cc1. The number of carbonyl (C=O) groups is 2. The molecule has 1 saturated heterocycles. The summed E-state index contributed by atoms with van der Waals surface area (Å²) in [4.78, 5) is 31.6. The van der Waals surface area contributed by atoms with Crippen LogP contribution in [0.5, 0.6) is 5.75 Å². The largest absolute Gasteiger partial charge is 0.489 e. The number of hydrogen-bond donors (Lipinski definition) is 1. The number of alkyl halides is 3. The number of hydrogen-bond acceptors (Lipinski definition) is 5. The van der Waals surface area contributed by atoms with Crippen molar-refractivity contribution in [3.63, 3.8) is 0 Å². The lowest BCUT2D eigenvalue weighted by Crippen LogP contribution is -2.39. The number of halogens is 3. The number of aromatic nitrogens is 1. The van der Waals surface area contributed by atoms with Gasteiger partial charge in [0.25, 0.3) is 0 Å². The molecule has 1 amide bonds. The van der Waals surface area contributed by atoms with E-state index >= 15 is 0 Å².